The summed E-state index contributed by atoms with van der Waals surface area (Å²) in [7, 11) is 1.55. The maximum atomic E-state index is 13.1. The Hall–Kier alpha value is -2.24. The molecule has 1 heterocycles. The van der Waals surface area contributed by atoms with Crippen molar-refractivity contribution in [1.82, 2.24) is 4.90 Å². The zero-order valence-electron chi connectivity index (χ0n) is 11.6. The molecule has 0 amide bonds. The second-order valence-electron chi connectivity index (χ2n) is 4.58. The largest absolute Gasteiger partial charge is 0.418 e. The fourth-order valence-electron chi connectivity index (χ4n) is 1.99. The highest BCUT2D eigenvalue weighted by atomic mass is 19.4. The number of alkyl halides is 3. The van der Waals surface area contributed by atoms with Gasteiger partial charge in [-0.25, -0.2) is 0 Å². The summed E-state index contributed by atoms with van der Waals surface area (Å²) in [6.45, 7) is 4.78. The zero-order valence-corrected chi connectivity index (χ0v) is 11.6. The first kappa shape index (κ1) is 15.2. The Morgan fingerprint density at radius 3 is 2.67 bits per heavy atom. The number of hydrogen-bond donors (Lipinski definition) is 1. The summed E-state index contributed by atoms with van der Waals surface area (Å²) in [6, 6.07) is 4.00. The molecule has 1 aliphatic heterocycles. The number of anilines is 1. The molecule has 0 aliphatic carbocycles. The summed E-state index contributed by atoms with van der Waals surface area (Å²) in [5.74, 6) is 0.471. The monoisotopic (exact) mass is 295 g/mol. The van der Waals surface area contributed by atoms with Crippen LogP contribution in [-0.4, -0.2) is 30.9 Å². The molecular formula is C15H16F3N3. The van der Waals surface area contributed by atoms with Gasteiger partial charge < -0.3 is 10.2 Å². The van der Waals surface area contributed by atoms with Crippen molar-refractivity contribution in [2.24, 2.45) is 4.99 Å². The van der Waals surface area contributed by atoms with E-state index in [0.29, 0.717) is 17.9 Å². The summed E-state index contributed by atoms with van der Waals surface area (Å²) in [4.78, 5) is 5.98. The zero-order chi connectivity index (χ0) is 15.5. The van der Waals surface area contributed by atoms with E-state index in [4.69, 9.17) is 0 Å². The van der Waals surface area contributed by atoms with Crippen LogP contribution in [0, 0.1) is 0 Å². The van der Waals surface area contributed by atoms with Crippen molar-refractivity contribution in [2.75, 3.05) is 25.5 Å². The molecule has 0 spiro atoms. The lowest BCUT2D eigenvalue weighted by molar-refractivity contribution is -0.136. The van der Waals surface area contributed by atoms with Gasteiger partial charge in [-0.1, -0.05) is 24.8 Å². The number of hydrogen-bond acceptors (Lipinski definition) is 2. The highest BCUT2D eigenvalue weighted by Gasteiger charge is 2.34. The van der Waals surface area contributed by atoms with E-state index in [9.17, 15) is 13.2 Å². The quantitative estimate of drug-likeness (QED) is 0.678. The smallest absolute Gasteiger partial charge is 0.366 e. The molecule has 0 unspecified atom stereocenters. The Labute approximate surface area is 121 Å². The fraction of sp³-hybridized carbons (Fsp3) is 0.267. The third-order valence-electron chi connectivity index (χ3n) is 3.17. The van der Waals surface area contributed by atoms with Gasteiger partial charge in [-0.2, -0.15) is 13.2 Å². The molecule has 0 saturated carbocycles. The molecule has 0 bridgehead atoms. The third-order valence-corrected chi connectivity index (χ3v) is 3.17. The number of para-hydroxylation sites is 1. The third kappa shape index (κ3) is 3.45. The molecule has 1 aromatic carbocycles. The van der Waals surface area contributed by atoms with Gasteiger partial charge in [-0.3, -0.25) is 4.99 Å². The first-order chi connectivity index (χ1) is 9.95. The lowest BCUT2D eigenvalue weighted by Gasteiger charge is -2.27. The van der Waals surface area contributed by atoms with Crippen molar-refractivity contribution in [2.45, 2.75) is 6.18 Å². The van der Waals surface area contributed by atoms with E-state index in [0.717, 1.165) is 12.6 Å². The molecule has 1 aliphatic rings. The molecule has 21 heavy (non-hydrogen) atoms. The van der Waals surface area contributed by atoms with Gasteiger partial charge in [0.05, 0.1) is 17.8 Å². The fourth-order valence-corrected chi connectivity index (χ4v) is 1.99. The van der Waals surface area contributed by atoms with Crippen molar-refractivity contribution >= 4 is 17.6 Å². The molecule has 1 aromatic rings. The van der Waals surface area contributed by atoms with E-state index >= 15 is 0 Å². The number of amidine groups is 1. The Balaban J connectivity index is 2.32. The van der Waals surface area contributed by atoms with Gasteiger partial charge in [-0.15, -0.1) is 0 Å². The van der Waals surface area contributed by atoms with Crippen molar-refractivity contribution in [3.05, 3.63) is 48.2 Å². The van der Waals surface area contributed by atoms with Crippen LogP contribution >= 0.6 is 0 Å². The number of aliphatic imine (C=N–C) groups is 1. The van der Waals surface area contributed by atoms with Gasteiger partial charge in [-0.05, 0) is 23.9 Å². The maximum Gasteiger partial charge on any atom is 0.418 e. The van der Waals surface area contributed by atoms with Gasteiger partial charge in [0.15, 0.2) is 0 Å². The molecule has 0 radical (unpaired) electrons. The summed E-state index contributed by atoms with van der Waals surface area (Å²) in [5, 5.41) is 2.81. The van der Waals surface area contributed by atoms with E-state index < -0.39 is 11.7 Å². The Bertz CT molecular complexity index is 588. The molecule has 0 saturated heterocycles. The van der Waals surface area contributed by atoms with Gasteiger partial charge in [0.1, 0.15) is 5.84 Å². The molecule has 0 fully saturated rings. The minimum absolute atomic E-state index is 0.00916. The molecule has 1 N–H and O–H groups in total. The normalized spacial score (nSPS) is 14.9. The van der Waals surface area contributed by atoms with Crippen LogP contribution in [0.15, 0.2) is 42.0 Å². The predicted octanol–water partition coefficient (Wildman–Crippen LogP) is 3.62. The van der Waals surface area contributed by atoms with E-state index in [1.807, 2.05) is 17.2 Å². The van der Waals surface area contributed by atoms with Gasteiger partial charge in [0, 0.05) is 13.6 Å². The van der Waals surface area contributed by atoms with Gasteiger partial charge in [0.2, 0.25) is 0 Å². The summed E-state index contributed by atoms with van der Waals surface area (Å²) in [6.07, 6.45) is 0.800. The maximum absolute atomic E-state index is 13.1. The van der Waals surface area contributed by atoms with Crippen LogP contribution in [0.25, 0.3) is 6.08 Å². The van der Waals surface area contributed by atoms with Crippen LogP contribution in [0.4, 0.5) is 18.9 Å². The van der Waals surface area contributed by atoms with Gasteiger partial charge in [0.25, 0.3) is 0 Å². The van der Waals surface area contributed by atoms with E-state index in [2.05, 4.69) is 16.9 Å². The Morgan fingerprint density at radius 2 is 2.19 bits per heavy atom. The lowest BCUT2D eigenvalue weighted by Crippen LogP contribution is -2.34. The number of halogens is 3. The molecule has 0 aromatic heterocycles. The molecule has 6 heteroatoms. The van der Waals surface area contributed by atoms with E-state index in [-0.39, 0.29) is 5.69 Å². The summed E-state index contributed by atoms with van der Waals surface area (Å²) < 4.78 is 39.4. The first-order valence-corrected chi connectivity index (χ1v) is 6.41. The predicted molar refractivity (Wildman–Crippen MR) is 79.2 cm³/mol. The standard InChI is InChI=1S/C15H16F3N3/c1-3-11-6-4-7-12(15(16,17)18)14(11)20-13(19-2)10-21-8-5-9-21/h3-8H,1,9-10H2,2H3,(H,19,20). The number of rotatable bonds is 4. The number of nitrogens with zero attached hydrogens (tertiary/aromatic N) is 2. The first-order valence-electron chi connectivity index (χ1n) is 6.41. The van der Waals surface area contributed by atoms with E-state index in [1.54, 1.807) is 13.1 Å². The van der Waals surface area contributed by atoms with Crippen LogP contribution in [-0.2, 0) is 6.18 Å². The average Bonchev–Trinajstić information content (AvgIpc) is 2.40. The second-order valence-corrected chi connectivity index (χ2v) is 4.58. The van der Waals surface area contributed by atoms with Crippen LogP contribution in [0.1, 0.15) is 11.1 Å². The summed E-state index contributed by atoms with van der Waals surface area (Å²) in [5.41, 5.74) is -0.338. The van der Waals surface area contributed by atoms with Crippen molar-refractivity contribution in [1.29, 1.82) is 0 Å². The minimum Gasteiger partial charge on any atom is -0.366 e. The van der Waals surface area contributed by atoms with Gasteiger partial charge >= 0.3 is 6.18 Å². The molecule has 112 valence electrons. The van der Waals surface area contributed by atoms with Crippen molar-refractivity contribution in [3.8, 4) is 0 Å². The van der Waals surface area contributed by atoms with Crippen LogP contribution in [0.3, 0.4) is 0 Å². The molecular weight excluding hydrogens is 279 g/mol. The SMILES string of the molecule is C=Cc1cccc(C(F)(F)F)c1NC(CN1C=CC1)=NC. The van der Waals surface area contributed by atoms with Crippen LogP contribution in [0.5, 0.6) is 0 Å². The van der Waals surface area contributed by atoms with Crippen LogP contribution in [0.2, 0.25) is 0 Å². The van der Waals surface area contributed by atoms with E-state index in [1.165, 1.54) is 12.1 Å². The van der Waals surface area contributed by atoms with Crippen molar-refractivity contribution < 1.29 is 13.2 Å². The van der Waals surface area contributed by atoms with Crippen molar-refractivity contribution in [3.63, 3.8) is 0 Å². The molecule has 0 atom stereocenters. The summed E-state index contributed by atoms with van der Waals surface area (Å²) >= 11 is 0. The molecule has 3 nitrogen and oxygen atoms in total. The van der Waals surface area contributed by atoms with Crippen LogP contribution < -0.4 is 5.32 Å². The lowest BCUT2D eigenvalue weighted by atomic mass is 10.1. The minimum atomic E-state index is -4.43. The highest BCUT2D eigenvalue weighted by molar-refractivity contribution is 5.99. The molecule has 2 rings (SSSR count). The Kier molecular flexibility index (Phi) is 4.35. The number of benzene rings is 1. The average molecular weight is 295 g/mol. The second kappa shape index (κ2) is 6.03. The number of nitrogens with one attached hydrogen (secondary N) is 1. The Morgan fingerprint density at radius 1 is 1.48 bits per heavy atom. The topological polar surface area (TPSA) is 27.6 Å². The highest BCUT2D eigenvalue weighted by Crippen LogP contribution is 2.37.